The fourth-order valence-electron chi connectivity index (χ4n) is 3.36. The maximum Gasteiger partial charge on any atom is 0.270 e. The molecule has 0 saturated carbocycles. The van der Waals surface area contributed by atoms with Gasteiger partial charge in [-0.05, 0) is 32.0 Å². The van der Waals surface area contributed by atoms with Crippen molar-refractivity contribution in [2.24, 2.45) is 7.05 Å². The Morgan fingerprint density at radius 3 is 2.52 bits per heavy atom. The first-order chi connectivity index (χ1) is 15.5. The maximum atomic E-state index is 11.0. The number of hydrogen-bond donors (Lipinski definition) is 0. The van der Waals surface area contributed by atoms with Gasteiger partial charge in [-0.25, -0.2) is 8.42 Å². The van der Waals surface area contributed by atoms with Crippen LogP contribution in [0.1, 0.15) is 18.2 Å². The normalized spacial score (nSPS) is 14.2. The lowest BCUT2D eigenvalue weighted by atomic mass is 10.1. The highest BCUT2D eigenvalue weighted by molar-refractivity contribution is 8.03. The highest BCUT2D eigenvalue weighted by atomic mass is 32.3. The molecule has 9 nitrogen and oxygen atoms in total. The Balaban J connectivity index is 0.000000383. The number of thioether (sulfide) groups is 1. The predicted molar refractivity (Wildman–Crippen MR) is 127 cm³/mol. The summed E-state index contributed by atoms with van der Waals surface area (Å²) in [6, 6.07) is 15.7. The van der Waals surface area contributed by atoms with E-state index in [1.54, 1.807) is 23.9 Å². The minimum atomic E-state index is -4.42. The first-order valence-corrected chi connectivity index (χ1v) is 12.1. The molecule has 0 bridgehead atoms. The van der Waals surface area contributed by atoms with Crippen LogP contribution in [0.15, 0.2) is 58.5 Å². The maximum absolute atomic E-state index is 11.0. The van der Waals surface area contributed by atoms with Crippen molar-refractivity contribution >= 4 is 50.5 Å². The van der Waals surface area contributed by atoms with Crippen molar-refractivity contribution in [2.45, 2.75) is 18.7 Å². The summed E-state index contributed by atoms with van der Waals surface area (Å²) >= 11 is 1.56. The Bertz CT molecular complexity index is 1360. The molecule has 0 N–H and O–H groups in total. The highest BCUT2D eigenvalue weighted by Crippen LogP contribution is 2.46. The summed E-state index contributed by atoms with van der Waals surface area (Å²) in [5, 5.41) is 13.3. The van der Waals surface area contributed by atoms with E-state index in [1.165, 1.54) is 23.4 Å². The first-order valence-electron chi connectivity index (χ1n) is 9.91. The molecule has 0 fully saturated rings. The van der Waals surface area contributed by atoms with Gasteiger partial charge >= 0.3 is 0 Å². The van der Waals surface area contributed by atoms with E-state index in [0.29, 0.717) is 0 Å². The molecule has 2 heterocycles. The molecule has 0 saturated heterocycles. The summed E-state index contributed by atoms with van der Waals surface area (Å²) in [5.41, 5.74) is 4.61. The van der Waals surface area contributed by atoms with Gasteiger partial charge in [-0.1, -0.05) is 23.4 Å². The number of fused-ring (bicyclic) bond motifs is 2. The summed E-state index contributed by atoms with van der Waals surface area (Å²) in [6.07, 6.45) is 2.12. The standard InChI is InChI=1S/C20H18N3O2S.C2H6O4S/c1-13-4-8-17-14(10-13)5-6-15(21(17)2)12-20-22(3)18-9-7-16(23(24)25)11-19(18)26-20;1-2-6-7(3,4)5/h4-12H,1-3H3;2H2,1H3,(H,3,4,5)/q+1;/p-1. The SMILES string of the molecule is CCOS(=O)(=O)[O-].Cc1ccc2c(ccc(/C=C3\Sc4cc([N+](=O)[O-])ccc4N3C)[n+]2C)c1. The van der Waals surface area contributed by atoms with Gasteiger partial charge in [0.05, 0.1) is 22.2 Å². The second kappa shape index (κ2) is 9.87. The van der Waals surface area contributed by atoms with E-state index < -0.39 is 10.4 Å². The van der Waals surface area contributed by atoms with Gasteiger partial charge < -0.3 is 9.45 Å². The zero-order chi connectivity index (χ0) is 24.3. The number of non-ortho nitro benzene ring substituents is 1. The van der Waals surface area contributed by atoms with Crippen LogP contribution in [0.4, 0.5) is 11.4 Å². The molecule has 1 aliphatic rings. The number of nitro groups is 1. The summed E-state index contributed by atoms with van der Waals surface area (Å²) in [4.78, 5) is 13.6. The van der Waals surface area contributed by atoms with Crippen LogP contribution < -0.4 is 9.47 Å². The molecule has 174 valence electrons. The molecule has 4 rings (SSSR count). The molecule has 0 radical (unpaired) electrons. The van der Waals surface area contributed by atoms with Gasteiger partial charge in [0.2, 0.25) is 21.6 Å². The molecule has 1 aromatic heterocycles. The molecule has 0 amide bonds. The highest BCUT2D eigenvalue weighted by Gasteiger charge is 2.25. The van der Waals surface area contributed by atoms with Gasteiger partial charge in [0.1, 0.15) is 7.05 Å². The molecular weight excluding hydrogens is 466 g/mol. The summed E-state index contributed by atoms with van der Waals surface area (Å²) in [7, 11) is -0.380. The number of nitro benzene ring substituents is 1. The van der Waals surface area contributed by atoms with E-state index in [-0.39, 0.29) is 17.2 Å². The lowest BCUT2D eigenvalue weighted by molar-refractivity contribution is -0.646. The van der Waals surface area contributed by atoms with Crippen molar-refractivity contribution < 1.29 is 26.6 Å². The van der Waals surface area contributed by atoms with Crippen LogP contribution in [0.3, 0.4) is 0 Å². The number of pyridine rings is 1. The van der Waals surface area contributed by atoms with Crippen molar-refractivity contribution in [3.05, 3.63) is 74.9 Å². The third kappa shape index (κ3) is 5.88. The second-order valence-electron chi connectivity index (χ2n) is 7.25. The molecule has 0 unspecified atom stereocenters. The van der Waals surface area contributed by atoms with Gasteiger partial charge in [-0.3, -0.25) is 14.3 Å². The fourth-order valence-corrected chi connectivity index (χ4v) is 4.77. The second-order valence-corrected chi connectivity index (χ2v) is 9.36. The molecule has 0 spiro atoms. The van der Waals surface area contributed by atoms with Gasteiger partial charge in [-0.15, -0.1) is 0 Å². The van der Waals surface area contributed by atoms with Gasteiger partial charge in [0.15, 0.2) is 0 Å². The first kappa shape index (κ1) is 24.6. The number of anilines is 1. The largest absolute Gasteiger partial charge is 0.726 e. The van der Waals surface area contributed by atoms with Crippen molar-refractivity contribution in [3.8, 4) is 0 Å². The lowest BCUT2D eigenvalue weighted by Crippen LogP contribution is -2.33. The molecule has 3 aromatic rings. The molecule has 0 aliphatic carbocycles. The molecular formula is C22H23N3O6S2. The van der Waals surface area contributed by atoms with E-state index in [9.17, 15) is 23.1 Å². The fraction of sp³-hybridized carbons (Fsp3) is 0.227. The van der Waals surface area contributed by atoms with Crippen molar-refractivity contribution in [1.82, 2.24) is 0 Å². The van der Waals surface area contributed by atoms with Crippen LogP contribution >= 0.6 is 11.8 Å². The molecule has 11 heteroatoms. The average Bonchev–Trinajstić information content (AvgIpc) is 3.04. The van der Waals surface area contributed by atoms with Crippen molar-refractivity contribution in [2.75, 3.05) is 18.6 Å². The zero-order valence-corrected chi connectivity index (χ0v) is 20.1. The van der Waals surface area contributed by atoms with Gasteiger partial charge in [-0.2, -0.15) is 4.57 Å². The number of aromatic nitrogens is 1. The number of nitrogens with zero attached hydrogens (tertiary/aromatic N) is 3. The van der Waals surface area contributed by atoms with E-state index in [0.717, 1.165) is 21.3 Å². The molecule has 2 aromatic carbocycles. The van der Waals surface area contributed by atoms with Gasteiger partial charge in [0.25, 0.3) is 5.69 Å². The summed E-state index contributed by atoms with van der Waals surface area (Å²) < 4.78 is 34.2. The smallest absolute Gasteiger partial charge is 0.270 e. The van der Waals surface area contributed by atoms with Crippen LogP contribution in [-0.4, -0.2) is 31.5 Å². The van der Waals surface area contributed by atoms with E-state index in [1.807, 2.05) is 13.1 Å². The quantitative estimate of drug-likeness (QED) is 0.178. The average molecular weight is 490 g/mol. The van der Waals surface area contributed by atoms with E-state index in [2.05, 4.69) is 64.0 Å². The Hall–Kier alpha value is -2.99. The molecule has 0 atom stereocenters. The minimum Gasteiger partial charge on any atom is -0.726 e. The van der Waals surface area contributed by atoms with Gasteiger partial charge in [0, 0.05) is 47.7 Å². The van der Waals surface area contributed by atoms with Crippen LogP contribution in [0.2, 0.25) is 0 Å². The Kier molecular flexibility index (Phi) is 7.38. The van der Waals surface area contributed by atoms with Crippen LogP contribution in [0.5, 0.6) is 0 Å². The minimum absolute atomic E-state index is 0.0914. The van der Waals surface area contributed by atoms with Crippen LogP contribution in [0.25, 0.3) is 17.0 Å². The molecule has 1 aliphatic heterocycles. The van der Waals surface area contributed by atoms with Crippen LogP contribution in [0, 0.1) is 17.0 Å². The summed E-state index contributed by atoms with van der Waals surface area (Å²) in [5.74, 6) is 0. The Morgan fingerprint density at radius 1 is 1.18 bits per heavy atom. The number of rotatable bonds is 4. The third-order valence-corrected chi connectivity index (χ3v) is 6.63. The summed E-state index contributed by atoms with van der Waals surface area (Å²) in [6.45, 7) is 3.43. The number of hydrogen-bond acceptors (Lipinski definition) is 8. The zero-order valence-electron chi connectivity index (χ0n) is 18.5. The molecule has 33 heavy (non-hydrogen) atoms. The van der Waals surface area contributed by atoms with Crippen LogP contribution in [-0.2, 0) is 21.6 Å². The topological polar surface area (TPSA) is 117 Å². The Labute approximate surface area is 196 Å². The Morgan fingerprint density at radius 2 is 1.91 bits per heavy atom. The van der Waals surface area contributed by atoms with Crippen molar-refractivity contribution in [1.29, 1.82) is 0 Å². The predicted octanol–water partition coefficient (Wildman–Crippen LogP) is 3.90. The van der Waals surface area contributed by atoms with E-state index >= 15 is 0 Å². The number of benzene rings is 2. The number of aryl methyl sites for hydroxylation is 2. The van der Waals surface area contributed by atoms with Crippen molar-refractivity contribution in [3.63, 3.8) is 0 Å². The lowest BCUT2D eigenvalue weighted by Gasteiger charge is -2.12. The monoisotopic (exact) mass is 489 g/mol. The van der Waals surface area contributed by atoms with E-state index in [4.69, 9.17) is 0 Å². The third-order valence-electron chi connectivity index (χ3n) is 4.96.